The van der Waals surface area contributed by atoms with Gasteiger partial charge < -0.3 is 10.2 Å². The van der Waals surface area contributed by atoms with Gasteiger partial charge >= 0.3 is 0 Å². The number of piperazine rings is 1. The number of aromatic nitrogens is 1. The van der Waals surface area contributed by atoms with E-state index in [4.69, 9.17) is 11.6 Å². The maximum absolute atomic E-state index is 12.5. The van der Waals surface area contributed by atoms with E-state index in [0.717, 1.165) is 33.9 Å². The lowest BCUT2D eigenvalue weighted by Gasteiger charge is -2.33. The normalized spacial score (nSPS) is 17.5. The Morgan fingerprint density at radius 2 is 2.23 bits per heavy atom. The van der Waals surface area contributed by atoms with E-state index >= 15 is 0 Å². The van der Waals surface area contributed by atoms with E-state index in [1.54, 1.807) is 0 Å². The molecule has 1 fully saturated rings. The van der Waals surface area contributed by atoms with Crippen molar-refractivity contribution < 1.29 is 4.79 Å². The molecule has 0 spiro atoms. The van der Waals surface area contributed by atoms with Crippen molar-refractivity contribution in [3.05, 3.63) is 27.5 Å². The van der Waals surface area contributed by atoms with Gasteiger partial charge in [-0.05, 0) is 19.1 Å². The largest absolute Gasteiger partial charge is 0.332 e. The Labute approximate surface area is 154 Å². The second-order valence-electron chi connectivity index (χ2n) is 4.69. The predicted octanol–water partition coefficient (Wildman–Crippen LogP) is 3.80. The fourth-order valence-electron chi connectivity index (χ4n) is 2.20. The number of hydrogen-bond acceptors (Lipinski definition) is 5. The molecule has 3 rings (SSSR count). The highest BCUT2D eigenvalue weighted by atomic mass is 35.5. The van der Waals surface area contributed by atoms with Crippen molar-refractivity contribution in [2.75, 3.05) is 19.6 Å². The summed E-state index contributed by atoms with van der Waals surface area (Å²) in [7, 11) is 0. The number of nitrogens with one attached hydrogen (secondary N) is 1. The molecule has 1 aliphatic rings. The number of halogens is 3. The van der Waals surface area contributed by atoms with Gasteiger partial charge in [0.25, 0.3) is 5.91 Å². The molecule has 0 unspecified atom stereocenters. The minimum atomic E-state index is 0. The van der Waals surface area contributed by atoms with E-state index < -0.39 is 0 Å². The van der Waals surface area contributed by atoms with E-state index in [-0.39, 0.29) is 36.8 Å². The molecule has 3 heterocycles. The first-order valence-corrected chi connectivity index (χ1v) is 8.45. The van der Waals surface area contributed by atoms with E-state index in [1.807, 2.05) is 22.4 Å². The van der Waals surface area contributed by atoms with Gasteiger partial charge in [0.1, 0.15) is 10.7 Å². The molecular weight excluding hydrogens is 385 g/mol. The van der Waals surface area contributed by atoms with Crippen LogP contribution in [0, 0.1) is 0 Å². The maximum Gasteiger partial charge on any atom is 0.273 e. The van der Waals surface area contributed by atoms with Gasteiger partial charge in [0, 0.05) is 31.1 Å². The average Bonchev–Trinajstić information content (AvgIpc) is 3.07. The number of amides is 1. The molecule has 9 heteroatoms. The number of rotatable bonds is 2. The Balaban J connectivity index is 0.00000121. The van der Waals surface area contributed by atoms with Crippen LogP contribution >= 0.6 is 59.1 Å². The predicted molar refractivity (Wildman–Crippen MR) is 98.3 cm³/mol. The van der Waals surface area contributed by atoms with Crippen LogP contribution in [-0.2, 0) is 0 Å². The van der Waals surface area contributed by atoms with Gasteiger partial charge in [-0.1, -0.05) is 11.6 Å². The Morgan fingerprint density at radius 3 is 2.86 bits per heavy atom. The third-order valence-corrected chi connectivity index (χ3v) is 5.51. The van der Waals surface area contributed by atoms with E-state index in [2.05, 4.69) is 17.2 Å². The van der Waals surface area contributed by atoms with Crippen LogP contribution in [0.15, 0.2) is 17.5 Å². The summed E-state index contributed by atoms with van der Waals surface area (Å²) >= 11 is 8.90. The van der Waals surface area contributed by atoms with Crippen LogP contribution in [0.2, 0.25) is 4.34 Å². The zero-order chi connectivity index (χ0) is 14.1. The third kappa shape index (κ3) is 4.13. The monoisotopic (exact) mass is 399 g/mol. The van der Waals surface area contributed by atoms with Gasteiger partial charge in [0.15, 0.2) is 0 Å². The number of carbonyl (C=O) groups is 1. The SMILES string of the molecule is C[C@H]1CNCCN1C(=O)c1csc(-c2ccc(Cl)s2)n1.Cl.Cl. The first-order chi connectivity index (χ1) is 9.65. The van der Waals surface area contributed by atoms with E-state index in [9.17, 15) is 4.79 Å². The van der Waals surface area contributed by atoms with Gasteiger partial charge in [0.05, 0.1) is 9.21 Å². The third-order valence-electron chi connectivity index (χ3n) is 3.27. The van der Waals surface area contributed by atoms with E-state index in [0.29, 0.717) is 5.69 Å². The number of hydrogen-bond donors (Lipinski definition) is 1. The summed E-state index contributed by atoms with van der Waals surface area (Å²) in [6, 6.07) is 3.99. The highest BCUT2D eigenvalue weighted by Gasteiger charge is 2.25. The molecule has 2 aromatic heterocycles. The molecule has 0 radical (unpaired) electrons. The first kappa shape index (κ1) is 19.7. The quantitative estimate of drug-likeness (QED) is 0.834. The summed E-state index contributed by atoms with van der Waals surface area (Å²) in [6.07, 6.45) is 0. The summed E-state index contributed by atoms with van der Waals surface area (Å²) in [4.78, 5) is 19.8. The minimum absolute atomic E-state index is 0. The van der Waals surface area contributed by atoms with Crippen molar-refractivity contribution in [1.82, 2.24) is 15.2 Å². The zero-order valence-corrected chi connectivity index (χ0v) is 15.8. The summed E-state index contributed by atoms with van der Waals surface area (Å²) < 4.78 is 0.735. The van der Waals surface area contributed by atoms with Crippen LogP contribution < -0.4 is 5.32 Å². The Bertz CT molecular complexity index is 632. The average molecular weight is 401 g/mol. The van der Waals surface area contributed by atoms with Gasteiger partial charge in [-0.25, -0.2) is 4.98 Å². The molecule has 1 atom stereocenters. The fraction of sp³-hybridized carbons (Fsp3) is 0.385. The minimum Gasteiger partial charge on any atom is -0.332 e. The molecule has 22 heavy (non-hydrogen) atoms. The maximum atomic E-state index is 12.5. The molecule has 0 bridgehead atoms. The Morgan fingerprint density at radius 1 is 1.45 bits per heavy atom. The molecule has 4 nitrogen and oxygen atoms in total. The van der Waals surface area contributed by atoms with Crippen molar-refractivity contribution in [1.29, 1.82) is 0 Å². The Kier molecular flexibility index (Phi) is 7.58. The lowest BCUT2D eigenvalue weighted by molar-refractivity contribution is 0.0650. The summed E-state index contributed by atoms with van der Waals surface area (Å²) in [5, 5.41) is 5.97. The number of carbonyl (C=O) groups excluding carboxylic acids is 1. The zero-order valence-electron chi connectivity index (χ0n) is 11.7. The fourth-order valence-corrected chi connectivity index (χ4v) is 4.11. The molecule has 1 saturated heterocycles. The molecule has 0 aliphatic carbocycles. The molecule has 0 aromatic carbocycles. The smallest absolute Gasteiger partial charge is 0.273 e. The van der Waals surface area contributed by atoms with Crippen molar-refractivity contribution >= 4 is 65.0 Å². The van der Waals surface area contributed by atoms with Gasteiger partial charge in [-0.3, -0.25) is 4.79 Å². The molecule has 1 N–H and O–H groups in total. The molecule has 122 valence electrons. The molecule has 2 aromatic rings. The van der Waals surface area contributed by atoms with Crippen LogP contribution in [0.25, 0.3) is 9.88 Å². The van der Waals surface area contributed by atoms with Crippen molar-refractivity contribution in [2.45, 2.75) is 13.0 Å². The second kappa shape index (κ2) is 8.47. The van der Waals surface area contributed by atoms with Crippen molar-refractivity contribution in [2.24, 2.45) is 0 Å². The molecular formula is C13H16Cl3N3OS2. The number of nitrogens with zero attached hydrogens (tertiary/aromatic N) is 2. The summed E-state index contributed by atoms with van der Waals surface area (Å²) in [5.74, 6) is 0.0177. The standard InChI is InChI=1S/C13H14ClN3OS2.2ClH/c1-8-6-15-4-5-17(8)13(18)9-7-19-12(16-9)10-2-3-11(14)20-10;;/h2-3,7-8,15H,4-6H2,1H3;2*1H/t8-;;/m0../s1. The topological polar surface area (TPSA) is 45.2 Å². The lowest BCUT2D eigenvalue weighted by atomic mass is 10.2. The molecule has 1 amide bonds. The second-order valence-corrected chi connectivity index (χ2v) is 7.27. The van der Waals surface area contributed by atoms with Gasteiger partial charge in [-0.2, -0.15) is 0 Å². The van der Waals surface area contributed by atoms with Crippen molar-refractivity contribution in [3.8, 4) is 9.88 Å². The number of thiazole rings is 1. The van der Waals surface area contributed by atoms with Crippen LogP contribution in [0.1, 0.15) is 17.4 Å². The summed E-state index contributed by atoms with van der Waals surface area (Å²) in [6.45, 7) is 4.46. The highest BCUT2D eigenvalue weighted by molar-refractivity contribution is 7.23. The summed E-state index contributed by atoms with van der Waals surface area (Å²) in [5.41, 5.74) is 0.531. The van der Waals surface area contributed by atoms with Crippen molar-refractivity contribution in [3.63, 3.8) is 0 Å². The molecule has 1 aliphatic heterocycles. The Hall–Kier alpha value is -0.370. The van der Waals surface area contributed by atoms with Crippen LogP contribution in [0.5, 0.6) is 0 Å². The first-order valence-electron chi connectivity index (χ1n) is 6.38. The van der Waals surface area contributed by atoms with Crippen LogP contribution in [0.3, 0.4) is 0 Å². The van der Waals surface area contributed by atoms with E-state index in [1.165, 1.54) is 22.7 Å². The van der Waals surface area contributed by atoms with Gasteiger partial charge in [0.2, 0.25) is 0 Å². The van der Waals surface area contributed by atoms with Gasteiger partial charge in [-0.15, -0.1) is 47.5 Å². The number of thiophene rings is 1. The highest BCUT2D eigenvalue weighted by Crippen LogP contribution is 2.33. The van der Waals surface area contributed by atoms with Crippen LogP contribution in [-0.4, -0.2) is 41.5 Å². The molecule has 0 saturated carbocycles. The lowest BCUT2D eigenvalue weighted by Crippen LogP contribution is -2.52. The van der Waals surface area contributed by atoms with Crippen LogP contribution in [0.4, 0.5) is 0 Å².